The Morgan fingerprint density at radius 1 is 1.24 bits per heavy atom. The molecule has 2 aromatic rings. The summed E-state index contributed by atoms with van der Waals surface area (Å²) >= 11 is 0. The summed E-state index contributed by atoms with van der Waals surface area (Å²) in [6.45, 7) is 9.61. The van der Waals surface area contributed by atoms with E-state index in [1.54, 1.807) is 6.20 Å². The Morgan fingerprint density at radius 2 is 2.00 bits per heavy atom. The van der Waals surface area contributed by atoms with E-state index in [9.17, 15) is 4.79 Å². The first-order valence-electron chi connectivity index (χ1n) is 10.4. The molecule has 0 radical (unpaired) electrons. The third-order valence-electron chi connectivity index (χ3n) is 4.97. The van der Waals surface area contributed by atoms with Crippen molar-refractivity contribution >= 4 is 11.6 Å². The van der Waals surface area contributed by atoms with Crippen molar-refractivity contribution in [1.29, 1.82) is 0 Å². The number of carbonyl (C=O) groups is 1. The Bertz CT molecular complexity index is 807. The quantitative estimate of drug-likeness (QED) is 0.726. The van der Waals surface area contributed by atoms with Crippen molar-refractivity contribution in [3.8, 4) is 11.6 Å². The summed E-state index contributed by atoms with van der Waals surface area (Å²) in [5.41, 5.74) is 2.18. The van der Waals surface area contributed by atoms with Gasteiger partial charge in [0.05, 0.1) is 18.7 Å². The molecular weight excluding hydrogens is 366 g/mol. The van der Waals surface area contributed by atoms with Crippen LogP contribution in [-0.2, 0) is 4.79 Å². The molecule has 1 aliphatic rings. The Hall–Kier alpha value is -2.76. The van der Waals surface area contributed by atoms with Crippen LogP contribution in [0.4, 0.5) is 5.69 Å². The maximum absolute atomic E-state index is 11.6. The first kappa shape index (κ1) is 21.0. The standard InChI is InChI=1S/C23H31N3O3/c1-5-22(27)25-17(4)18-6-8-20(9-7-18)29-21-11-13-26(15-21)19-10-12-24-23(14-19)28-16(2)3/h6-10,12,14,16-17,21H,5,11,13,15H2,1-4H3,(H,25,27)/t17-,21?/m0/s1. The van der Waals surface area contributed by atoms with E-state index in [0.29, 0.717) is 12.3 Å². The summed E-state index contributed by atoms with van der Waals surface area (Å²) in [5.74, 6) is 1.57. The number of rotatable bonds is 8. The van der Waals surface area contributed by atoms with Crippen molar-refractivity contribution in [3.63, 3.8) is 0 Å². The molecular formula is C23H31N3O3. The molecule has 0 bridgehead atoms. The molecule has 3 rings (SSSR count). The predicted molar refractivity (Wildman–Crippen MR) is 115 cm³/mol. The van der Waals surface area contributed by atoms with E-state index in [1.165, 1.54) is 0 Å². The molecule has 6 heteroatoms. The van der Waals surface area contributed by atoms with Crippen molar-refractivity contribution in [2.24, 2.45) is 0 Å². The molecule has 0 saturated carbocycles. The lowest BCUT2D eigenvalue weighted by atomic mass is 10.1. The highest BCUT2D eigenvalue weighted by Gasteiger charge is 2.25. The van der Waals surface area contributed by atoms with Crippen molar-refractivity contribution in [1.82, 2.24) is 10.3 Å². The van der Waals surface area contributed by atoms with Gasteiger partial charge < -0.3 is 19.7 Å². The maximum Gasteiger partial charge on any atom is 0.220 e. The SMILES string of the molecule is CCC(=O)N[C@@H](C)c1ccc(OC2CCN(c3ccnc(OC(C)C)c3)C2)cc1. The first-order chi connectivity index (χ1) is 13.9. The van der Waals surface area contributed by atoms with Crippen LogP contribution >= 0.6 is 0 Å². The van der Waals surface area contributed by atoms with E-state index in [2.05, 4.69) is 15.2 Å². The molecule has 1 N–H and O–H groups in total. The lowest BCUT2D eigenvalue weighted by molar-refractivity contribution is -0.121. The topological polar surface area (TPSA) is 63.7 Å². The largest absolute Gasteiger partial charge is 0.489 e. The number of amides is 1. The highest BCUT2D eigenvalue weighted by molar-refractivity contribution is 5.76. The molecule has 1 saturated heterocycles. The lowest BCUT2D eigenvalue weighted by Gasteiger charge is -2.20. The van der Waals surface area contributed by atoms with Crippen LogP contribution in [-0.4, -0.2) is 36.2 Å². The number of hydrogen-bond donors (Lipinski definition) is 1. The van der Waals surface area contributed by atoms with Gasteiger partial charge in [0, 0.05) is 37.3 Å². The van der Waals surface area contributed by atoms with Gasteiger partial charge in [-0.05, 0) is 44.5 Å². The van der Waals surface area contributed by atoms with E-state index in [1.807, 2.05) is 64.1 Å². The van der Waals surface area contributed by atoms with Crippen LogP contribution in [0.2, 0.25) is 0 Å². The van der Waals surface area contributed by atoms with Crippen molar-refractivity contribution < 1.29 is 14.3 Å². The number of carbonyl (C=O) groups excluding carboxylic acids is 1. The van der Waals surface area contributed by atoms with Gasteiger partial charge >= 0.3 is 0 Å². The third-order valence-corrected chi connectivity index (χ3v) is 4.97. The van der Waals surface area contributed by atoms with E-state index in [0.717, 1.165) is 36.5 Å². The molecule has 1 unspecified atom stereocenters. The van der Waals surface area contributed by atoms with Gasteiger partial charge in [0.2, 0.25) is 11.8 Å². The van der Waals surface area contributed by atoms with Crippen LogP contribution in [0.5, 0.6) is 11.6 Å². The zero-order valence-corrected chi connectivity index (χ0v) is 17.7. The highest BCUT2D eigenvalue weighted by Crippen LogP contribution is 2.26. The zero-order valence-electron chi connectivity index (χ0n) is 17.7. The van der Waals surface area contributed by atoms with Gasteiger partial charge in [-0.2, -0.15) is 0 Å². The first-order valence-corrected chi connectivity index (χ1v) is 10.4. The third kappa shape index (κ3) is 5.86. The van der Waals surface area contributed by atoms with Gasteiger partial charge in [0.1, 0.15) is 11.9 Å². The molecule has 1 aromatic heterocycles. The molecule has 1 aromatic carbocycles. The molecule has 1 aliphatic heterocycles. The van der Waals surface area contributed by atoms with Gasteiger partial charge in [-0.25, -0.2) is 4.98 Å². The van der Waals surface area contributed by atoms with Crippen molar-refractivity contribution in [2.75, 3.05) is 18.0 Å². The number of nitrogens with one attached hydrogen (secondary N) is 1. The monoisotopic (exact) mass is 397 g/mol. The Morgan fingerprint density at radius 3 is 2.69 bits per heavy atom. The van der Waals surface area contributed by atoms with E-state index in [4.69, 9.17) is 9.47 Å². The summed E-state index contributed by atoms with van der Waals surface area (Å²) in [6, 6.07) is 12.0. The smallest absolute Gasteiger partial charge is 0.220 e. The van der Waals surface area contributed by atoms with Crippen LogP contribution in [0.1, 0.15) is 52.1 Å². The minimum atomic E-state index is -0.00702. The maximum atomic E-state index is 11.6. The number of hydrogen-bond acceptors (Lipinski definition) is 5. The number of pyridine rings is 1. The molecule has 1 fully saturated rings. The highest BCUT2D eigenvalue weighted by atomic mass is 16.5. The normalized spacial score (nSPS) is 17.3. The second-order valence-electron chi connectivity index (χ2n) is 7.71. The lowest BCUT2D eigenvalue weighted by Crippen LogP contribution is -2.25. The molecule has 156 valence electrons. The minimum Gasteiger partial charge on any atom is -0.489 e. The summed E-state index contributed by atoms with van der Waals surface area (Å²) in [4.78, 5) is 18.1. The van der Waals surface area contributed by atoms with Crippen LogP contribution < -0.4 is 19.7 Å². The Kier molecular flexibility index (Phi) is 6.96. The minimum absolute atomic E-state index is 0.00702. The fourth-order valence-electron chi connectivity index (χ4n) is 3.41. The zero-order chi connectivity index (χ0) is 20.8. The predicted octanol–water partition coefficient (Wildman–Crippen LogP) is 4.11. The average molecular weight is 398 g/mol. The van der Waals surface area contributed by atoms with Crippen LogP contribution in [0.25, 0.3) is 0 Å². The molecule has 2 heterocycles. The number of benzene rings is 1. The summed E-state index contributed by atoms with van der Waals surface area (Å²) in [7, 11) is 0. The van der Waals surface area contributed by atoms with Crippen molar-refractivity contribution in [2.45, 2.75) is 58.8 Å². The fraction of sp³-hybridized carbons (Fsp3) is 0.478. The Labute approximate surface area is 173 Å². The van der Waals surface area contributed by atoms with Gasteiger partial charge in [0.25, 0.3) is 0 Å². The summed E-state index contributed by atoms with van der Waals surface area (Å²) < 4.78 is 11.9. The molecule has 29 heavy (non-hydrogen) atoms. The molecule has 0 spiro atoms. The van der Waals surface area contributed by atoms with Crippen LogP contribution in [0.15, 0.2) is 42.6 Å². The molecule has 0 aliphatic carbocycles. The number of anilines is 1. The average Bonchev–Trinajstić information content (AvgIpc) is 3.16. The Balaban J connectivity index is 1.55. The number of ether oxygens (including phenoxy) is 2. The summed E-state index contributed by atoms with van der Waals surface area (Å²) in [5, 5.41) is 2.98. The van der Waals surface area contributed by atoms with Gasteiger partial charge in [-0.1, -0.05) is 19.1 Å². The number of nitrogens with zero attached hydrogens (tertiary/aromatic N) is 2. The summed E-state index contributed by atoms with van der Waals surface area (Å²) in [6.07, 6.45) is 3.49. The fourth-order valence-corrected chi connectivity index (χ4v) is 3.41. The van der Waals surface area contributed by atoms with Gasteiger partial charge in [-0.15, -0.1) is 0 Å². The van der Waals surface area contributed by atoms with Crippen molar-refractivity contribution in [3.05, 3.63) is 48.2 Å². The van der Waals surface area contributed by atoms with E-state index in [-0.39, 0.29) is 24.2 Å². The van der Waals surface area contributed by atoms with Crippen LogP contribution in [0, 0.1) is 0 Å². The molecule has 1 amide bonds. The van der Waals surface area contributed by atoms with E-state index < -0.39 is 0 Å². The number of aromatic nitrogens is 1. The second-order valence-corrected chi connectivity index (χ2v) is 7.71. The molecule has 6 nitrogen and oxygen atoms in total. The molecule has 2 atom stereocenters. The van der Waals surface area contributed by atoms with E-state index >= 15 is 0 Å². The van der Waals surface area contributed by atoms with Gasteiger partial charge in [0.15, 0.2) is 0 Å². The second kappa shape index (κ2) is 9.63. The van der Waals surface area contributed by atoms with Gasteiger partial charge in [-0.3, -0.25) is 4.79 Å². The van der Waals surface area contributed by atoms with Crippen LogP contribution in [0.3, 0.4) is 0 Å².